The van der Waals surface area contributed by atoms with Crippen LogP contribution in [0, 0.1) is 13.8 Å². The summed E-state index contributed by atoms with van der Waals surface area (Å²) in [6.45, 7) is 7.08. The van der Waals surface area contributed by atoms with E-state index in [1.165, 1.54) is 11.1 Å². The van der Waals surface area contributed by atoms with Gasteiger partial charge < -0.3 is 5.32 Å². The molecule has 2 aromatic rings. The normalized spacial score (nSPS) is 12.5. The van der Waals surface area contributed by atoms with E-state index in [1.54, 1.807) is 0 Å². The van der Waals surface area contributed by atoms with Crippen LogP contribution < -0.4 is 5.32 Å². The first-order valence-corrected chi connectivity index (χ1v) is 8.44. The van der Waals surface area contributed by atoms with Gasteiger partial charge in [0.15, 0.2) is 0 Å². The SMILES string of the molecule is CCNC(c1cc(C)c(Cl)cc1C)c1cc(Cl)ccc1Br. The van der Waals surface area contributed by atoms with E-state index in [4.69, 9.17) is 23.2 Å². The number of rotatable bonds is 4. The van der Waals surface area contributed by atoms with E-state index in [1.807, 2.05) is 31.2 Å². The molecule has 0 saturated carbocycles. The molecule has 0 aliphatic carbocycles. The minimum atomic E-state index is 0.0824. The first-order valence-electron chi connectivity index (χ1n) is 6.89. The number of nitrogens with one attached hydrogen (secondary N) is 1. The van der Waals surface area contributed by atoms with E-state index in [-0.39, 0.29) is 6.04 Å². The van der Waals surface area contributed by atoms with Gasteiger partial charge in [-0.15, -0.1) is 0 Å². The van der Waals surface area contributed by atoms with E-state index >= 15 is 0 Å². The molecule has 0 heterocycles. The lowest BCUT2D eigenvalue weighted by Crippen LogP contribution is -2.23. The van der Waals surface area contributed by atoms with Crippen LogP contribution in [0.3, 0.4) is 0 Å². The molecule has 0 amide bonds. The highest BCUT2D eigenvalue weighted by molar-refractivity contribution is 9.10. The predicted octanol–water partition coefficient (Wildman–Crippen LogP) is 6.07. The van der Waals surface area contributed by atoms with Gasteiger partial charge in [0.2, 0.25) is 0 Å². The summed E-state index contributed by atoms with van der Waals surface area (Å²) in [4.78, 5) is 0. The molecule has 4 heteroatoms. The second-order valence-electron chi connectivity index (χ2n) is 5.11. The molecule has 0 bridgehead atoms. The smallest absolute Gasteiger partial charge is 0.0591 e. The summed E-state index contributed by atoms with van der Waals surface area (Å²) >= 11 is 16.0. The maximum Gasteiger partial charge on any atom is 0.0591 e. The number of aryl methyl sites for hydroxylation is 2. The molecular weight excluding hydrogens is 369 g/mol. The van der Waals surface area contributed by atoms with Crippen molar-refractivity contribution in [3.05, 3.63) is 67.1 Å². The molecule has 1 unspecified atom stereocenters. The molecule has 0 aliphatic heterocycles. The zero-order valence-electron chi connectivity index (χ0n) is 12.3. The van der Waals surface area contributed by atoms with Crippen molar-refractivity contribution in [1.29, 1.82) is 0 Å². The Morgan fingerprint density at radius 1 is 1.05 bits per heavy atom. The van der Waals surface area contributed by atoms with Crippen molar-refractivity contribution in [2.75, 3.05) is 6.54 Å². The number of halogens is 3. The highest BCUT2D eigenvalue weighted by Crippen LogP contribution is 2.34. The molecule has 0 aromatic heterocycles. The van der Waals surface area contributed by atoms with Crippen LogP contribution in [-0.4, -0.2) is 6.54 Å². The lowest BCUT2D eigenvalue weighted by Gasteiger charge is -2.23. The Morgan fingerprint density at radius 3 is 2.43 bits per heavy atom. The van der Waals surface area contributed by atoms with Gasteiger partial charge >= 0.3 is 0 Å². The lowest BCUT2D eigenvalue weighted by molar-refractivity contribution is 0.625. The average Bonchev–Trinajstić information content (AvgIpc) is 2.43. The fourth-order valence-corrected chi connectivity index (χ4v) is 3.32. The number of benzene rings is 2. The summed E-state index contributed by atoms with van der Waals surface area (Å²) in [5, 5.41) is 5.08. The highest BCUT2D eigenvalue weighted by atomic mass is 79.9. The van der Waals surface area contributed by atoms with Crippen molar-refractivity contribution in [3.63, 3.8) is 0 Å². The number of hydrogen-bond acceptors (Lipinski definition) is 1. The van der Waals surface area contributed by atoms with E-state index in [9.17, 15) is 0 Å². The van der Waals surface area contributed by atoms with Crippen LogP contribution in [0.4, 0.5) is 0 Å². The molecule has 0 saturated heterocycles. The molecule has 0 radical (unpaired) electrons. The van der Waals surface area contributed by atoms with Gasteiger partial charge in [-0.2, -0.15) is 0 Å². The van der Waals surface area contributed by atoms with Crippen molar-refractivity contribution in [3.8, 4) is 0 Å². The van der Waals surface area contributed by atoms with Crippen molar-refractivity contribution in [2.45, 2.75) is 26.8 Å². The molecule has 0 fully saturated rings. The van der Waals surface area contributed by atoms with Crippen molar-refractivity contribution >= 4 is 39.1 Å². The fourth-order valence-electron chi connectivity index (χ4n) is 2.44. The quantitative estimate of drug-likeness (QED) is 0.672. The molecule has 0 aliphatic rings. The second-order valence-corrected chi connectivity index (χ2v) is 6.81. The second kappa shape index (κ2) is 7.15. The number of hydrogen-bond donors (Lipinski definition) is 1. The van der Waals surface area contributed by atoms with E-state index in [0.717, 1.165) is 32.2 Å². The van der Waals surface area contributed by atoms with Gasteiger partial charge in [0.25, 0.3) is 0 Å². The van der Waals surface area contributed by atoms with Crippen LogP contribution in [0.2, 0.25) is 10.0 Å². The maximum atomic E-state index is 6.22. The molecule has 21 heavy (non-hydrogen) atoms. The molecule has 2 rings (SSSR count). The topological polar surface area (TPSA) is 12.0 Å². The Labute approximate surface area is 144 Å². The van der Waals surface area contributed by atoms with Crippen molar-refractivity contribution in [1.82, 2.24) is 5.32 Å². The molecule has 1 N–H and O–H groups in total. The van der Waals surface area contributed by atoms with Gasteiger partial charge in [-0.3, -0.25) is 0 Å². The molecule has 1 atom stereocenters. The van der Waals surface area contributed by atoms with Crippen LogP contribution >= 0.6 is 39.1 Å². The summed E-state index contributed by atoms with van der Waals surface area (Å²) in [6, 6.07) is 10.1. The van der Waals surface area contributed by atoms with Gasteiger partial charge in [0.1, 0.15) is 0 Å². The molecule has 2 aromatic carbocycles. The minimum absolute atomic E-state index is 0.0824. The monoisotopic (exact) mass is 385 g/mol. The third-order valence-electron chi connectivity index (χ3n) is 3.54. The van der Waals surface area contributed by atoms with E-state index in [0.29, 0.717) is 0 Å². The van der Waals surface area contributed by atoms with Gasteiger partial charge in [0, 0.05) is 14.5 Å². The fraction of sp³-hybridized carbons (Fsp3) is 0.294. The maximum absolute atomic E-state index is 6.22. The van der Waals surface area contributed by atoms with Crippen LogP contribution in [0.5, 0.6) is 0 Å². The van der Waals surface area contributed by atoms with Crippen LogP contribution in [0.1, 0.15) is 35.2 Å². The van der Waals surface area contributed by atoms with Crippen LogP contribution in [-0.2, 0) is 0 Å². The van der Waals surface area contributed by atoms with Crippen LogP contribution in [0.15, 0.2) is 34.8 Å². The Kier molecular flexibility index (Phi) is 5.73. The summed E-state index contributed by atoms with van der Waals surface area (Å²) in [5.74, 6) is 0. The minimum Gasteiger partial charge on any atom is -0.306 e. The first-order chi connectivity index (χ1) is 9.93. The molecule has 1 nitrogen and oxygen atoms in total. The first kappa shape index (κ1) is 16.8. The highest BCUT2D eigenvalue weighted by Gasteiger charge is 2.19. The Bertz CT molecular complexity index is 655. The van der Waals surface area contributed by atoms with Gasteiger partial charge in [0.05, 0.1) is 6.04 Å². The predicted molar refractivity (Wildman–Crippen MR) is 95.6 cm³/mol. The zero-order chi connectivity index (χ0) is 15.6. The van der Waals surface area contributed by atoms with Gasteiger partial charge in [-0.1, -0.05) is 52.1 Å². The zero-order valence-corrected chi connectivity index (χ0v) is 15.4. The standard InChI is InChI=1S/C17H18BrCl2N/c1-4-21-17(14-9-12(19)5-6-15(14)18)13-7-11(3)16(20)8-10(13)2/h5-9,17,21H,4H2,1-3H3. The lowest BCUT2D eigenvalue weighted by atomic mass is 9.93. The van der Waals surface area contributed by atoms with Crippen molar-refractivity contribution < 1.29 is 0 Å². The summed E-state index contributed by atoms with van der Waals surface area (Å²) < 4.78 is 1.05. The van der Waals surface area contributed by atoms with E-state index in [2.05, 4.69) is 41.2 Å². The Hall–Kier alpha value is -0.540. The summed E-state index contributed by atoms with van der Waals surface area (Å²) in [7, 11) is 0. The third kappa shape index (κ3) is 3.81. The average molecular weight is 387 g/mol. The summed E-state index contributed by atoms with van der Waals surface area (Å²) in [6.07, 6.45) is 0. The molecule has 0 spiro atoms. The molecule has 112 valence electrons. The van der Waals surface area contributed by atoms with Crippen LogP contribution in [0.25, 0.3) is 0 Å². The van der Waals surface area contributed by atoms with Gasteiger partial charge in [-0.25, -0.2) is 0 Å². The Morgan fingerprint density at radius 2 is 1.76 bits per heavy atom. The third-order valence-corrected chi connectivity index (χ3v) is 4.90. The summed E-state index contributed by atoms with van der Waals surface area (Å²) in [5.41, 5.74) is 4.61. The largest absolute Gasteiger partial charge is 0.306 e. The van der Waals surface area contributed by atoms with Crippen molar-refractivity contribution in [2.24, 2.45) is 0 Å². The van der Waals surface area contributed by atoms with E-state index < -0.39 is 0 Å². The Balaban J connectivity index is 2.58. The molecular formula is C17H18BrCl2N. The van der Waals surface area contributed by atoms with Gasteiger partial charge in [-0.05, 0) is 66.9 Å².